The van der Waals surface area contributed by atoms with E-state index in [0.717, 1.165) is 28.0 Å². The third-order valence-electron chi connectivity index (χ3n) is 4.86. The van der Waals surface area contributed by atoms with Crippen molar-refractivity contribution in [1.29, 1.82) is 0 Å². The summed E-state index contributed by atoms with van der Waals surface area (Å²) < 4.78 is 6.15. The van der Waals surface area contributed by atoms with Gasteiger partial charge in [-0.05, 0) is 54.7 Å². The Labute approximate surface area is 174 Å². The van der Waals surface area contributed by atoms with E-state index in [2.05, 4.69) is 30.3 Å². The Bertz CT molecular complexity index is 860. The summed E-state index contributed by atoms with van der Waals surface area (Å²) in [7, 11) is 0. The SMILES string of the molecule is CCC(Oc1cc(C)cc(C)c1)C(=O)N(Cc1ccccc1)Cc1ccccc1. The first-order chi connectivity index (χ1) is 14.0. The lowest BCUT2D eigenvalue weighted by Gasteiger charge is -2.28. The lowest BCUT2D eigenvalue weighted by atomic mass is 10.1. The first kappa shape index (κ1) is 20.7. The van der Waals surface area contributed by atoms with E-state index in [-0.39, 0.29) is 5.91 Å². The number of rotatable bonds is 8. The van der Waals surface area contributed by atoms with Gasteiger partial charge in [0.1, 0.15) is 5.75 Å². The zero-order valence-corrected chi connectivity index (χ0v) is 17.5. The predicted molar refractivity (Wildman–Crippen MR) is 118 cm³/mol. The van der Waals surface area contributed by atoms with Crippen LogP contribution in [-0.2, 0) is 17.9 Å². The molecule has 150 valence electrons. The van der Waals surface area contributed by atoms with E-state index in [1.807, 2.05) is 74.2 Å². The van der Waals surface area contributed by atoms with E-state index in [0.29, 0.717) is 19.5 Å². The highest BCUT2D eigenvalue weighted by atomic mass is 16.5. The minimum Gasteiger partial charge on any atom is -0.481 e. The number of aryl methyl sites for hydroxylation is 2. The van der Waals surface area contributed by atoms with Crippen LogP contribution in [0.15, 0.2) is 78.9 Å². The number of ether oxygens (including phenoxy) is 1. The van der Waals surface area contributed by atoms with Gasteiger partial charge in [0.05, 0.1) is 0 Å². The van der Waals surface area contributed by atoms with Crippen LogP contribution < -0.4 is 4.74 Å². The van der Waals surface area contributed by atoms with Gasteiger partial charge < -0.3 is 9.64 Å². The number of carbonyl (C=O) groups excluding carboxylic acids is 1. The van der Waals surface area contributed by atoms with Crippen LogP contribution in [0.5, 0.6) is 5.75 Å². The molecular formula is C26H29NO2. The van der Waals surface area contributed by atoms with E-state index in [9.17, 15) is 4.79 Å². The summed E-state index contributed by atoms with van der Waals surface area (Å²) in [5.74, 6) is 0.765. The zero-order valence-electron chi connectivity index (χ0n) is 17.5. The second kappa shape index (κ2) is 9.92. The Kier molecular flexibility index (Phi) is 7.07. The Morgan fingerprint density at radius 1 is 0.828 bits per heavy atom. The van der Waals surface area contributed by atoms with Gasteiger partial charge in [-0.2, -0.15) is 0 Å². The molecule has 0 radical (unpaired) electrons. The highest BCUT2D eigenvalue weighted by molar-refractivity contribution is 5.81. The van der Waals surface area contributed by atoms with Crippen LogP contribution in [0.25, 0.3) is 0 Å². The Balaban J connectivity index is 1.82. The molecule has 0 aliphatic rings. The summed E-state index contributed by atoms with van der Waals surface area (Å²) in [5, 5.41) is 0. The normalized spacial score (nSPS) is 11.7. The van der Waals surface area contributed by atoms with E-state index in [1.54, 1.807) is 0 Å². The Morgan fingerprint density at radius 2 is 1.31 bits per heavy atom. The summed E-state index contributed by atoms with van der Waals surface area (Å²) in [6, 6.07) is 26.3. The maximum absolute atomic E-state index is 13.5. The summed E-state index contributed by atoms with van der Waals surface area (Å²) in [6.07, 6.45) is 0.106. The maximum Gasteiger partial charge on any atom is 0.264 e. The number of benzene rings is 3. The van der Waals surface area contributed by atoms with E-state index in [4.69, 9.17) is 4.74 Å². The number of hydrogen-bond donors (Lipinski definition) is 0. The predicted octanol–water partition coefficient (Wildman–Crippen LogP) is 5.69. The standard InChI is InChI=1S/C26H29NO2/c1-4-25(29-24-16-20(2)15-21(3)17-24)26(28)27(18-22-11-7-5-8-12-22)19-23-13-9-6-10-14-23/h5-17,25H,4,18-19H2,1-3H3. The molecular weight excluding hydrogens is 358 g/mol. The molecule has 29 heavy (non-hydrogen) atoms. The molecule has 0 aromatic heterocycles. The van der Waals surface area contributed by atoms with E-state index >= 15 is 0 Å². The Morgan fingerprint density at radius 3 is 1.76 bits per heavy atom. The van der Waals surface area contributed by atoms with Gasteiger partial charge in [0.25, 0.3) is 5.91 Å². The lowest BCUT2D eigenvalue weighted by molar-refractivity contribution is -0.140. The van der Waals surface area contributed by atoms with Crippen LogP contribution in [0.4, 0.5) is 0 Å². The average Bonchev–Trinajstić information content (AvgIpc) is 2.72. The second-order valence-corrected chi connectivity index (χ2v) is 7.50. The highest BCUT2D eigenvalue weighted by Crippen LogP contribution is 2.21. The van der Waals surface area contributed by atoms with Gasteiger partial charge >= 0.3 is 0 Å². The van der Waals surface area contributed by atoms with Gasteiger partial charge in [0.2, 0.25) is 0 Å². The molecule has 0 saturated carbocycles. The summed E-state index contributed by atoms with van der Waals surface area (Å²) in [6.45, 7) is 7.19. The fourth-order valence-corrected chi connectivity index (χ4v) is 3.50. The topological polar surface area (TPSA) is 29.5 Å². The molecule has 0 aliphatic carbocycles. The van der Waals surface area contributed by atoms with Crippen molar-refractivity contribution in [2.75, 3.05) is 0 Å². The minimum atomic E-state index is -0.511. The average molecular weight is 388 g/mol. The van der Waals surface area contributed by atoms with Crippen molar-refractivity contribution < 1.29 is 9.53 Å². The number of nitrogens with zero attached hydrogens (tertiary/aromatic N) is 1. The van der Waals surface area contributed by atoms with Gasteiger partial charge in [-0.15, -0.1) is 0 Å². The lowest BCUT2D eigenvalue weighted by Crippen LogP contribution is -2.41. The van der Waals surface area contributed by atoms with Crippen LogP contribution in [0.2, 0.25) is 0 Å². The van der Waals surface area contributed by atoms with Crippen molar-refractivity contribution in [2.45, 2.75) is 46.4 Å². The summed E-state index contributed by atoms with van der Waals surface area (Å²) in [5.41, 5.74) is 4.48. The monoisotopic (exact) mass is 387 g/mol. The molecule has 1 amide bonds. The number of carbonyl (C=O) groups is 1. The molecule has 0 aliphatic heterocycles. The molecule has 0 bridgehead atoms. The largest absolute Gasteiger partial charge is 0.481 e. The molecule has 3 aromatic rings. The minimum absolute atomic E-state index is 0.0133. The molecule has 3 rings (SSSR count). The molecule has 1 atom stereocenters. The Hall–Kier alpha value is -3.07. The summed E-state index contributed by atoms with van der Waals surface area (Å²) in [4.78, 5) is 15.3. The smallest absolute Gasteiger partial charge is 0.264 e. The molecule has 1 unspecified atom stereocenters. The second-order valence-electron chi connectivity index (χ2n) is 7.50. The molecule has 3 aromatic carbocycles. The quantitative estimate of drug-likeness (QED) is 0.497. The number of amides is 1. The first-order valence-corrected chi connectivity index (χ1v) is 10.2. The van der Waals surface area contributed by atoms with Crippen molar-refractivity contribution in [3.63, 3.8) is 0 Å². The highest BCUT2D eigenvalue weighted by Gasteiger charge is 2.25. The fourth-order valence-electron chi connectivity index (χ4n) is 3.50. The van der Waals surface area contributed by atoms with Crippen LogP contribution in [-0.4, -0.2) is 16.9 Å². The third kappa shape index (κ3) is 5.95. The molecule has 3 heteroatoms. The van der Waals surface area contributed by atoms with Crippen molar-refractivity contribution in [1.82, 2.24) is 4.90 Å². The number of hydrogen-bond acceptors (Lipinski definition) is 2. The van der Waals surface area contributed by atoms with Crippen LogP contribution in [0, 0.1) is 13.8 Å². The van der Waals surface area contributed by atoms with E-state index in [1.165, 1.54) is 0 Å². The molecule has 0 N–H and O–H groups in total. The van der Waals surface area contributed by atoms with Crippen molar-refractivity contribution >= 4 is 5.91 Å². The van der Waals surface area contributed by atoms with Crippen LogP contribution >= 0.6 is 0 Å². The molecule has 0 spiro atoms. The van der Waals surface area contributed by atoms with Gasteiger partial charge in [-0.25, -0.2) is 0 Å². The van der Waals surface area contributed by atoms with Crippen molar-refractivity contribution in [3.05, 3.63) is 101 Å². The van der Waals surface area contributed by atoms with Crippen molar-refractivity contribution in [3.8, 4) is 5.75 Å². The fraction of sp³-hybridized carbons (Fsp3) is 0.269. The van der Waals surface area contributed by atoms with Crippen LogP contribution in [0.3, 0.4) is 0 Å². The van der Waals surface area contributed by atoms with Crippen molar-refractivity contribution in [2.24, 2.45) is 0 Å². The first-order valence-electron chi connectivity index (χ1n) is 10.2. The molecule has 0 heterocycles. The maximum atomic E-state index is 13.5. The van der Waals surface area contributed by atoms with E-state index < -0.39 is 6.10 Å². The zero-order chi connectivity index (χ0) is 20.6. The van der Waals surface area contributed by atoms with Gasteiger partial charge in [-0.1, -0.05) is 73.7 Å². The molecule has 0 fully saturated rings. The third-order valence-corrected chi connectivity index (χ3v) is 4.86. The van der Waals surface area contributed by atoms with Gasteiger partial charge in [-0.3, -0.25) is 4.79 Å². The van der Waals surface area contributed by atoms with Gasteiger partial charge in [0, 0.05) is 13.1 Å². The van der Waals surface area contributed by atoms with Crippen LogP contribution in [0.1, 0.15) is 35.6 Å². The summed E-state index contributed by atoms with van der Waals surface area (Å²) >= 11 is 0. The van der Waals surface area contributed by atoms with Gasteiger partial charge in [0.15, 0.2) is 6.10 Å². The molecule has 0 saturated heterocycles. The molecule has 3 nitrogen and oxygen atoms in total.